The van der Waals surface area contributed by atoms with Gasteiger partial charge >= 0.3 is 0 Å². The number of carbonyl (C=O) groups excluding carboxylic acids is 3. The summed E-state index contributed by atoms with van der Waals surface area (Å²) in [6.07, 6.45) is 3.56. The zero-order valence-electron chi connectivity index (χ0n) is 26.9. The molecule has 1 saturated carbocycles. The predicted molar refractivity (Wildman–Crippen MR) is 160 cm³/mol. The van der Waals surface area contributed by atoms with Gasteiger partial charge in [0.25, 0.3) is 0 Å². The normalized spacial score (nSPS) is 21.1. The largest absolute Gasteiger partial charge is 0.382 e. The average molecular weight is 617 g/mol. The van der Waals surface area contributed by atoms with E-state index in [4.69, 9.17) is 33.2 Å². The van der Waals surface area contributed by atoms with E-state index in [0.717, 1.165) is 25.7 Å². The number of nitrogens with one attached hydrogen (secondary N) is 1. The van der Waals surface area contributed by atoms with Crippen LogP contribution in [0, 0.1) is 23.2 Å². The Balaban J connectivity index is 1.35. The number of methoxy groups -OCH3 is 1. The molecule has 3 amide bonds. The van der Waals surface area contributed by atoms with E-state index in [1.807, 2.05) is 20.8 Å². The molecular formula is C31H56N2O10. The summed E-state index contributed by atoms with van der Waals surface area (Å²) >= 11 is 0. The van der Waals surface area contributed by atoms with E-state index in [1.54, 1.807) is 7.11 Å². The van der Waals surface area contributed by atoms with Crippen molar-refractivity contribution in [2.75, 3.05) is 106 Å². The Kier molecular flexibility index (Phi) is 19.1. The lowest BCUT2D eigenvalue weighted by Gasteiger charge is -2.31. The molecule has 0 spiro atoms. The van der Waals surface area contributed by atoms with E-state index < -0.39 is 0 Å². The third kappa shape index (κ3) is 15.8. The standard InChI is InChI=1S/C31H56N2O10/c1-31(2,3)27-23-28(34)33(30(27)36)24-25-5-7-26(8-6-25)29(35)32-9-10-38-13-14-40-17-18-42-21-22-43-20-19-41-16-15-39-12-11-37-4/h25-27H,5-24H2,1-4H3,(H,32,35). The molecule has 1 N–H and O–H groups in total. The third-order valence-corrected chi connectivity index (χ3v) is 7.79. The minimum atomic E-state index is -0.235. The second-order valence-electron chi connectivity index (χ2n) is 12.1. The fraction of sp³-hybridized carbons (Fsp3) is 0.903. The fourth-order valence-corrected chi connectivity index (χ4v) is 5.15. The Morgan fingerprint density at radius 3 is 1.58 bits per heavy atom. The lowest BCUT2D eigenvalue weighted by atomic mass is 9.79. The monoisotopic (exact) mass is 616 g/mol. The first-order valence-corrected chi connectivity index (χ1v) is 15.8. The van der Waals surface area contributed by atoms with Crippen LogP contribution >= 0.6 is 0 Å². The van der Waals surface area contributed by atoms with Crippen LogP contribution in [0.3, 0.4) is 0 Å². The number of likely N-dealkylation sites (tertiary alicyclic amines) is 1. The number of hydrogen-bond acceptors (Lipinski definition) is 10. The van der Waals surface area contributed by atoms with Crippen LogP contribution in [0.2, 0.25) is 0 Å². The highest BCUT2D eigenvalue weighted by Crippen LogP contribution is 2.37. The van der Waals surface area contributed by atoms with E-state index in [2.05, 4.69) is 5.32 Å². The van der Waals surface area contributed by atoms with Crippen LogP contribution in [0.25, 0.3) is 0 Å². The van der Waals surface area contributed by atoms with Gasteiger partial charge in [0.1, 0.15) is 0 Å². The molecule has 2 fully saturated rings. The molecule has 0 bridgehead atoms. The number of rotatable bonds is 24. The van der Waals surface area contributed by atoms with Gasteiger partial charge in [-0.2, -0.15) is 0 Å². The SMILES string of the molecule is COCCOCCOCCOCCOCCOCCOCCNC(=O)C1CCC(CN2C(=O)CC(C(C)(C)C)C2=O)CC1. The van der Waals surface area contributed by atoms with Gasteiger partial charge in [0.15, 0.2) is 0 Å². The first-order valence-electron chi connectivity index (χ1n) is 15.8. The van der Waals surface area contributed by atoms with Crippen molar-refractivity contribution in [3.8, 4) is 0 Å². The molecule has 43 heavy (non-hydrogen) atoms. The zero-order valence-corrected chi connectivity index (χ0v) is 26.9. The summed E-state index contributed by atoms with van der Waals surface area (Å²) in [4.78, 5) is 39.2. The summed E-state index contributed by atoms with van der Waals surface area (Å²) in [5.41, 5.74) is -0.211. The maximum Gasteiger partial charge on any atom is 0.233 e. The number of amides is 3. The summed E-state index contributed by atoms with van der Waals surface area (Å²) in [7, 11) is 1.64. The van der Waals surface area contributed by atoms with E-state index in [0.29, 0.717) is 105 Å². The molecular weight excluding hydrogens is 560 g/mol. The Labute approximate surface area is 257 Å². The second-order valence-corrected chi connectivity index (χ2v) is 12.1. The first kappa shape index (κ1) is 37.5. The number of imide groups is 1. The van der Waals surface area contributed by atoms with Gasteiger partial charge in [-0.3, -0.25) is 19.3 Å². The smallest absolute Gasteiger partial charge is 0.233 e. The number of nitrogens with zero attached hydrogens (tertiary/aromatic N) is 1. The molecule has 12 nitrogen and oxygen atoms in total. The summed E-state index contributed by atoms with van der Waals surface area (Å²) in [5, 5.41) is 2.96. The van der Waals surface area contributed by atoms with Crippen molar-refractivity contribution in [1.29, 1.82) is 0 Å². The fourth-order valence-electron chi connectivity index (χ4n) is 5.15. The minimum Gasteiger partial charge on any atom is -0.382 e. The maximum atomic E-state index is 12.8. The van der Waals surface area contributed by atoms with Crippen molar-refractivity contribution in [3.63, 3.8) is 0 Å². The van der Waals surface area contributed by atoms with Crippen molar-refractivity contribution >= 4 is 17.7 Å². The van der Waals surface area contributed by atoms with Crippen LogP contribution < -0.4 is 5.32 Å². The Hall–Kier alpha value is -1.67. The number of ether oxygens (including phenoxy) is 7. The van der Waals surface area contributed by atoms with Gasteiger partial charge in [-0.05, 0) is 37.0 Å². The van der Waals surface area contributed by atoms with Gasteiger partial charge in [-0.25, -0.2) is 0 Å². The number of carbonyl (C=O) groups is 3. The van der Waals surface area contributed by atoms with Crippen LogP contribution in [-0.2, 0) is 47.5 Å². The van der Waals surface area contributed by atoms with Crippen LogP contribution in [0.15, 0.2) is 0 Å². The highest BCUT2D eigenvalue weighted by molar-refractivity contribution is 6.03. The molecule has 250 valence electrons. The molecule has 1 aliphatic carbocycles. The average Bonchev–Trinajstić information content (AvgIpc) is 3.27. The molecule has 1 heterocycles. The van der Waals surface area contributed by atoms with Crippen LogP contribution in [-0.4, -0.2) is 129 Å². The molecule has 1 saturated heterocycles. The molecule has 0 radical (unpaired) electrons. The first-order chi connectivity index (χ1) is 20.7. The summed E-state index contributed by atoms with van der Waals surface area (Å²) in [5.74, 6) is -0.0312. The van der Waals surface area contributed by atoms with Gasteiger partial charge in [-0.15, -0.1) is 0 Å². The van der Waals surface area contributed by atoms with Crippen molar-refractivity contribution < 1.29 is 47.5 Å². The molecule has 1 atom stereocenters. The molecule has 0 aromatic heterocycles. The quantitative estimate of drug-likeness (QED) is 0.127. The lowest BCUT2D eigenvalue weighted by Crippen LogP contribution is -2.40. The molecule has 2 rings (SSSR count). The van der Waals surface area contributed by atoms with Gasteiger partial charge in [0, 0.05) is 32.5 Å². The van der Waals surface area contributed by atoms with E-state index in [-0.39, 0.29) is 40.9 Å². The molecule has 1 aliphatic heterocycles. The number of hydrogen-bond donors (Lipinski definition) is 1. The Morgan fingerprint density at radius 2 is 1.16 bits per heavy atom. The van der Waals surface area contributed by atoms with Gasteiger partial charge in [0.2, 0.25) is 17.7 Å². The Bertz CT molecular complexity index is 783. The van der Waals surface area contributed by atoms with E-state index in [1.165, 1.54) is 4.90 Å². The van der Waals surface area contributed by atoms with Crippen LogP contribution in [0.1, 0.15) is 52.9 Å². The van der Waals surface area contributed by atoms with Gasteiger partial charge in [0.05, 0.1) is 91.8 Å². The second kappa shape index (κ2) is 21.9. The zero-order chi connectivity index (χ0) is 31.3. The van der Waals surface area contributed by atoms with Crippen molar-refractivity contribution in [2.45, 2.75) is 52.9 Å². The molecule has 1 unspecified atom stereocenters. The molecule has 0 aromatic carbocycles. The van der Waals surface area contributed by atoms with Crippen molar-refractivity contribution in [1.82, 2.24) is 10.2 Å². The highest BCUT2D eigenvalue weighted by atomic mass is 16.6. The summed E-state index contributed by atoms with van der Waals surface area (Å²) < 4.78 is 37.5. The van der Waals surface area contributed by atoms with Crippen molar-refractivity contribution in [2.24, 2.45) is 23.2 Å². The van der Waals surface area contributed by atoms with Crippen LogP contribution in [0.5, 0.6) is 0 Å². The van der Waals surface area contributed by atoms with E-state index >= 15 is 0 Å². The van der Waals surface area contributed by atoms with Crippen LogP contribution in [0.4, 0.5) is 0 Å². The lowest BCUT2D eigenvalue weighted by molar-refractivity contribution is -0.141. The molecule has 2 aliphatic rings. The molecule has 0 aromatic rings. The van der Waals surface area contributed by atoms with Gasteiger partial charge < -0.3 is 38.5 Å². The third-order valence-electron chi connectivity index (χ3n) is 7.79. The highest BCUT2D eigenvalue weighted by Gasteiger charge is 2.45. The minimum absolute atomic E-state index is 0.0259. The van der Waals surface area contributed by atoms with Crippen molar-refractivity contribution in [3.05, 3.63) is 0 Å². The predicted octanol–water partition coefficient (Wildman–Crippen LogP) is 2.08. The Morgan fingerprint density at radius 1 is 0.721 bits per heavy atom. The molecule has 12 heteroatoms. The summed E-state index contributed by atoms with van der Waals surface area (Å²) in [6, 6.07) is 0. The van der Waals surface area contributed by atoms with Gasteiger partial charge in [-0.1, -0.05) is 20.8 Å². The topological polar surface area (TPSA) is 131 Å². The maximum absolute atomic E-state index is 12.8. The summed E-state index contributed by atoms with van der Waals surface area (Å²) in [6.45, 7) is 13.6. The van der Waals surface area contributed by atoms with E-state index in [9.17, 15) is 14.4 Å².